The Bertz CT molecular complexity index is 2060. The largest absolute Gasteiger partial charge is 0.494 e. The van der Waals surface area contributed by atoms with Gasteiger partial charge in [0.1, 0.15) is 22.8 Å². The maximum atomic E-state index is 14.8. The highest BCUT2D eigenvalue weighted by atomic mass is 79.9. The van der Waals surface area contributed by atoms with Crippen LogP contribution in [0.15, 0.2) is 40.9 Å². The van der Waals surface area contributed by atoms with Crippen LogP contribution in [0.5, 0.6) is 0 Å². The number of ether oxygens (including phenoxy) is 2. The molecule has 70 heavy (non-hydrogen) atoms. The summed E-state index contributed by atoms with van der Waals surface area (Å²) < 4.78 is 76.1. The van der Waals surface area contributed by atoms with E-state index in [0.717, 1.165) is 17.6 Å². The minimum Gasteiger partial charge on any atom is -0.444 e. The molecular formula is C50H80B3BrF2N4O10. The molecule has 0 unspecified atom stereocenters. The fourth-order valence-electron chi connectivity index (χ4n) is 7.78. The summed E-state index contributed by atoms with van der Waals surface area (Å²) in [7, 11) is -1.52. The van der Waals surface area contributed by atoms with Crippen molar-refractivity contribution in [2.45, 2.75) is 183 Å². The van der Waals surface area contributed by atoms with Crippen molar-refractivity contribution < 1.29 is 55.8 Å². The van der Waals surface area contributed by atoms with E-state index in [1.165, 1.54) is 12.1 Å². The number of hydrogen-bond donors (Lipinski definition) is 0. The van der Waals surface area contributed by atoms with E-state index in [1.807, 2.05) is 137 Å². The number of halogens is 3. The van der Waals surface area contributed by atoms with E-state index >= 15 is 0 Å². The van der Waals surface area contributed by atoms with Crippen LogP contribution in [0.2, 0.25) is 0 Å². The van der Waals surface area contributed by atoms with Gasteiger partial charge in [0.05, 0.1) is 33.6 Å². The second-order valence-corrected chi connectivity index (χ2v) is 24.8. The van der Waals surface area contributed by atoms with Gasteiger partial charge in [-0.05, 0) is 148 Å². The number of amides is 2. The molecule has 14 nitrogen and oxygen atoms in total. The highest BCUT2D eigenvalue weighted by Crippen LogP contribution is 2.43. The van der Waals surface area contributed by atoms with Crippen LogP contribution in [0, 0.1) is 11.6 Å². The van der Waals surface area contributed by atoms with Gasteiger partial charge < -0.3 is 47.2 Å². The first-order chi connectivity index (χ1) is 31.9. The Morgan fingerprint density at radius 2 is 0.843 bits per heavy atom. The Morgan fingerprint density at radius 1 is 0.529 bits per heavy atom. The van der Waals surface area contributed by atoms with Gasteiger partial charge >= 0.3 is 33.3 Å². The first-order valence-electron chi connectivity index (χ1n) is 24.6. The summed E-state index contributed by atoms with van der Waals surface area (Å²) in [5.74, 6) is -0.472. The molecule has 5 fully saturated rings. The average Bonchev–Trinajstić information content (AvgIpc) is 3.68. The van der Waals surface area contributed by atoms with E-state index in [-0.39, 0.29) is 46.2 Å². The Hall–Kier alpha value is -2.81. The van der Waals surface area contributed by atoms with E-state index in [9.17, 15) is 18.4 Å². The van der Waals surface area contributed by atoms with Gasteiger partial charge in [0.15, 0.2) is 0 Å². The molecule has 5 heterocycles. The van der Waals surface area contributed by atoms with Gasteiger partial charge in [-0.2, -0.15) is 0 Å². The van der Waals surface area contributed by atoms with Crippen LogP contribution >= 0.6 is 15.9 Å². The van der Waals surface area contributed by atoms with Crippen LogP contribution in [-0.4, -0.2) is 150 Å². The zero-order chi connectivity index (χ0) is 52.6. The van der Waals surface area contributed by atoms with Crippen molar-refractivity contribution in [3.63, 3.8) is 0 Å². The fourth-order valence-corrected chi connectivity index (χ4v) is 8.11. The SMILES string of the molecule is CC(C)(C)OC(=O)N1CCN(Cc2ccc(B3OC(C)(C)C(C)(C)O3)cc2F)CC1.CC(C)(C)OC(=O)N1CCN(Cc2ccc(Br)cc2F)CC1.CC1(C)OB(B2OC(C)(C)C(C)(C)O2)OC1(C)C. The zero-order valence-electron chi connectivity index (χ0n) is 45.3. The lowest BCUT2D eigenvalue weighted by molar-refractivity contribution is 0.00578. The third-order valence-electron chi connectivity index (χ3n) is 14.2. The van der Waals surface area contributed by atoms with Gasteiger partial charge in [-0.1, -0.05) is 34.1 Å². The molecule has 2 amide bonds. The molecule has 5 aliphatic rings. The lowest BCUT2D eigenvalue weighted by Crippen LogP contribution is -2.49. The summed E-state index contributed by atoms with van der Waals surface area (Å²) >= 11 is 3.26. The number of carbonyl (C=O) groups is 2. The molecule has 0 saturated carbocycles. The van der Waals surface area contributed by atoms with Crippen molar-refractivity contribution in [2.75, 3.05) is 52.4 Å². The van der Waals surface area contributed by atoms with Crippen molar-refractivity contribution in [1.29, 1.82) is 0 Å². The molecule has 0 spiro atoms. The van der Waals surface area contributed by atoms with Crippen LogP contribution in [0.4, 0.5) is 18.4 Å². The molecular weight excluding hydrogens is 967 g/mol. The quantitative estimate of drug-likeness (QED) is 0.257. The van der Waals surface area contributed by atoms with Crippen LogP contribution in [0.3, 0.4) is 0 Å². The number of benzene rings is 2. The summed E-state index contributed by atoms with van der Waals surface area (Å²) in [6.07, 6.45) is -0.568. The molecule has 2 aromatic rings. The normalized spacial score (nSPS) is 22.8. The first-order valence-corrected chi connectivity index (χ1v) is 25.4. The highest BCUT2D eigenvalue weighted by Gasteiger charge is 2.64. The van der Waals surface area contributed by atoms with E-state index in [2.05, 4.69) is 25.7 Å². The molecule has 5 saturated heterocycles. The third kappa shape index (κ3) is 14.9. The number of hydrogen-bond acceptors (Lipinski definition) is 12. The molecule has 0 aromatic heterocycles. The minimum atomic E-state index is -0.573. The van der Waals surface area contributed by atoms with Crippen LogP contribution in [0.25, 0.3) is 0 Å². The van der Waals surface area contributed by atoms with Gasteiger partial charge in [0, 0.05) is 81.0 Å². The van der Waals surface area contributed by atoms with Gasteiger partial charge in [-0.15, -0.1) is 0 Å². The van der Waals surface area contributed by atoms with Crippen LogP contribution < -0.4 is 5.46 Å². The number of piperazine rings is 2. The maximum absolute atomic E-state index is 14.8. The van der Waals surface area contributed by atoms with Gasteiger partial charge in [-0.3, -0.25) is 9.80 Å². The molecule has 0 atom stereocenters. The summed E-state index contributed by atoms with van der Waals surface area (Å²) in [6.45, 7) is 41.5. The summed E-state index contributed by atoms with van der Waals surface area (Å²) in [5, 5.41) is 0. The Balaban J connectivity index is 0.000000203. The molecule has 20 heteroatoms. The Labute approximate surface area is 426 Å². The number of nitrogens with zero attached hydrogens (tertiary/aromatic N) is 4. The molecule has 390 valence electrons. The molecule has 0 aliphatic carbocycles. The van der Waals surface area contributed by atoms with Crippen molar-refractivity contribution in [2.24, 2.45) is 0 Å². The fraction of sp³-hybridized carbons (Fsp3) is 0.720. The van der Waals surface area contributed by atoms with Crippen LogP contribution in [0.1, 0.15) is 136 Å². The highest BCUT2D eigenvalue weighted by molar-refractivity contribution is 9.10. The molecule has 0 radical (unpaired) electrons. The maximum Gasteiger partial charge on any atom is 0.494 e. The summed E-state index contributed by atoms with van der Waals surface area (Å²) in [4.78, 5) is 31.9. The predicted molar refractivity (Wildman–Crippen MR) is 275 cm³/mol. The van der Waals surface area contributed by atoms with Gasteiger partial charge in [0.2, 0.25) is 0 Å². The number of rotatable bonds is 6. The average molecular weight is 1050 g/mol. The minimum absolute atomic E-state index is 0.205. The van der Waals surface area contributed by atoms with E-state index < -0.39 is 43.5 Å². The third-order valence-corrected chi connectivity index (χ3v) is 14.7. The predicted octanol–water partition coefficient (Wildman–Crippen LogP) is 9.07. The summed E-state index contributed by atoms with van der Waals surface area (Å²) in [6, 6.07) is 10.3. The monoisotopic (exact) mass is 1050 g/mol. The summed E-state index contributed by atoms with van der Waals surface area (Å²) in [5.41, 5.74) is -1.35. The topological polar surface area (TPSA) is 121 Å². The standard InChI is InChI=1S/C22H34BFN2O4.C16H22BrFN2O2.C12H24B2O4/c1-20(2,3)28-19(27)26-12-10-25(11-13-26)15-16-8-9-17(14-18(16)24)23-29-21(4,5)22(6,7)30-23;1-16(2,3)22-15(21)20-8-6-19(7-9-20)11-12-4-5-13(17)10-14(12)18;1-9(2)10(3,4)16-13(15-9)14-17-11(5,6)12(7,8)18-14/h8-9,14H,10-13,15H2,1-7H3;4-5,10H,6-9,11H2,1-3H3;1-8H3. The van der Waals surface area contributed by atoms with E-state index in [0.29, 0.717) is 68.9 Å². The molecule has 2 aromatic carbocycles. The first kappa shape index (κ1) is 58.1. The molecule has 5 aliphatic heterocycles. The lowest BCUT2D eigenvalue weighted by atomic mass is 9.49. The van der Waals surface area contributed by atoms with Crippen molar-refractivity contribution in [3.8, 4) is 0 Å². The van der Waals surface area contributed by atoms with Crippen molar-refractivity contribution in [1.82, 2.24) is 19.6 Å². The smallest absolute Gasteiger partial charge is 0.444 e. The van der Waals surface area contributed by atoms with Crippen LogP contribution in [-0.2, 0) is 50.5 Å². The van der Waals surface area contributed by atoms with Crippen molar-refractivity contribution in [3.05, 3.63) is 63.6 Å². The second-order valence-electron chi connectivity index (χ2n) is 23.9. The Kier molecular flexibility index (Phi) is 17.9. The zero-order valence-corrected chi connectivity index (χ0v) is 46.9. The molecule has 0 bridgehead atoms. The van der Waals surface area contributed by atoms with Gasteiger partial charge in [0.25, 0.3) is 0 Å². The van der Waals surface area contributed by atoms with Crippen molar-refractivity contribution >= 4 is 54.7 Å². The van der Waals surface area contributed by atoms with E-state index in [4.69, 9.17) is 37.4 Å². The molecule has 7 rings (SSSR count). The van der Waals surface area contributed by atoms with E-state index in [1.54, 1.807) is 21.9 Å². The number of carbonyl (C=O) groups excluding carboxylic acids is 2. The molecule has 0 N–H and O–H groups in total. The van der Waals surface area contributed by atoms with Gasteiger partial charge in [-0.25, -0.2) is 18.4 Å². The second kappa shape index (κ2) is 21.6. The Morgan fingerprint density at radius 3 is 1.16 bits per heavy atom. The lowest BCUT2D eigenvalue weighted by Gasteiger charge is -2.35.